The van der Waals surface area contributed by atoms with Gasteiger partial charge >= 0.3 is 0 Å². The fourth-order valence-corrected chi connectivity index (χ4v) is 1.39. The number of hydrogen-bond acceptors (Lipinski definition) is 4. The van der Waals surface area contributed by atoms with Gasteiger partial charge in [-0.05, 0) is 17.7 Å². The van der Waals surface area contributed by atoms with E-state index in [9.17, 15) is 4.79 Å². The molecule has 0 saturated carbocycles. The van der Waals surface area contributed by atoms with Crippen LogP contribution in [0.4, 0.5) is 0 Å². The first-order valence-corrected chi connectivity index (χ1v) is 4.56. The monoisotopic (exact) mass is 205 g/mol. The molecule has 0 saturated heterocycles. The Labute approximate surface area is 85.6 Å². The molecule has 1 atom stereocenters. The van der Waals surface area contributed by atoms with Gasteiger partial charge < -0.3 is 15.8 Å². The summed E-state index contributed by atoms with van der Waals surface area (Å²) in [5.41, 5.74) is 7.55. The topological polar surface area (TPSA) is 92.0 Å². The van der Waals surface area contributed by atoms with Crippen LogP contribution in [0.1, 0.15) is 11.6 Å². The summed E-state index contributed by atoms with van der Waals surface area (Å²) in [4.78, 5) is 17.6. The largest absolute Gasteiger partial charge is 0.394 e. The standard InChI is InChI=1S/C10H11N3O2/c11-7(5-14)6-1-2-8-9(3-6)12-4-10(15)13-8/h1-4,7,14H,5,11H2,(H,13,15). The number of nitrogens with zero attached hydrogens (tertiary/aromatic N) is 1. The number of aliphatic hydroxyl groups excluding tert-OH is 1. The molecule has 0 amide bonds. The summed E-state index contributed by atoms with van der Waals surface area (Å²) in [6, 6.07) is 4.84. The van der Waals surface area contributed by atoms with Crippen molar-refractivity contribution in [2.45, 2.75) is 6.04 Å². The van der Waals surface area contributed by atoms with Gasteiger partial charge in [0.25, 0.3) is 5.56 Å². The van der Waals surface area contributed by atoms with E-state index < -0.39 is 6.04 Å². The van der Waals surface area contributed by atoms with Crippen molar-refractivity contribution in [3.05, 3.63) is 40.3 Å². The van der Waals surface area contributed by atoms with Gasteiger partial charge in [0, 0.05) is 0 Å². The maximum atomic E-state index is 11.0. The number of H-pyrrole nitrogens is 1. The van der Waals surface area contributed by atoms with Crippen LogP contribution in [0.5, 0.6) is 0 Å². The van der Waals surface area contributed by atoms with Crippen molar-refractivity contribution in [1.29, 1.82) is 0 Å². The summed E-state index contributed by atoms with van der Waals surface area (Å²) in [5.74, 6) is 0. The van der Waals surface area contributed by atoms with Crippen LogP contribution in [0.3, 0.4) is 0 Å². The Morgan fingerprint density at radius 3 is 3.07 bits per heavy atom. The number of aliphatic hydroxyl groups is 1. The van der Waals surface area contributed by atoms with E-state index in [0.717, 1.165) is 5.56 Å². The number of aromatic amines is 1. The molecular formula is C10H11N3O2. The third kappa shape index (κ3) is 1.88. The van der Waals surface area contributed by atoms with Gasteiger partial charge in [0.15, 0.2) is 0 Å². The second-order valence-electron chi connectivity index (χ2n) is 3.31. The first-order chi connectivity index (χ1) is 7.20. The summed E-state index contributed by atoms with van der Waals surface area (Å²) >= 11 is 0. The number of aromatic nitrogens is 2. The van der Waals surface area contributed by atoms with Crippen LogP contribution in [-0.4, -0.2) is 21.7 Å². The Balaban J connectivity index is 2.57. The van der Waals surface area contributed by atoms with Crippen molar-refractivity contribution in [2.24, 2.45) is 5.73 Å². The van der Waals surface area contributed by atoms with E-state index in [1.165, 1.54) is 6.20 Å². The minimum atomic E-state index is -0.414. The number of rotatable bonds is 2. The van der Waals surface area contributed by atoms with Crippen molar-refractivity contribution in [3.8, 4) is 0 Å². The quantitative estimate of drug-likeness (QED) is 0.639. The van der Waals surface area contributed by atoms with Gasteiger partial charge in [-0.2, -0.15) is 0 Å². The predicted octanol–water partition coefficient (Wildman–Crippen LogP) is -0.0848. The highest BCUT2D eigenvalue weighted by atomic mass is 16.3. The lowest BCUT2D eigenvalue weighted by Crippen LogP contribution is -2.14. The molecule has 1 unspecified atom stereocenters. The molecule has 1 aromatic heterocycles. The molecular weight excluding hydrogens is 194 g/mol. The minimum Gasteiger partial charge on any atom is -0.394 e. The van der Waals surface area contributed by atoms with Crippen LogP contribution in [-0.2, 0) is 0 Å². The fourth-order valence-electron chi connectivity index (χ4n) is 1.39. The minimum absolute atomic E-state index is 0.116. The van der Waals surface area contributed by atoms with Gasteiger partial charge in [-0.25, -0.2) is 4.98 Å². The molecule has 0 aliphatic carbocycles. The van der Waals surface area contributed by atoms with E-state index in [1.54, 1.807) is 18.2 Å². The number of nitrogens with two attached hydrogens (primary N) is 1. The highest BCUT2D eigenvalue weighted by Gasteiger charge is 2.05. The third-order valence-corrected chi connectivity index (χ3v) is 2.23. The predicted molar refractivity (Wildman–Crippen MR) is 56.4 cm³/mol. The molecule has 1 heterocycles. The van der Waals surface area contributed by atoms with Crippen molar-refractivity contribution < 1.29 is 5.11 Å². The number of fused-ring (bicyclic) bond motifs is 1. The highest BCUT2D eigenvalue weighted by Crippen LogP contribution is 2.14. The van der Waals surface area contributed by atoms with Crippen molar-refractivity contribution in [1.82, 2.24) is 9.97 Å². The Bertz CT molecular complexity index is 535. The molecule has 78 valence electrons. The van der Waals surface area contributed by atoms with Gasteiger partial charge in [-0.15, -0.1) is 0 Å². The van der Waals surface area contributed by atoms with Crippen LogP contribution in [0.25, 0.3) is 11.0 Å². The number of benzene rings is 1. The average molecular weight is 205 g/mol. The number of hydrogen-bond donors (Lipinski definition) is 3. The lowest BCUT2D eigenvalue weighted by Gasteiger charge is -2.08. The van der Waals surface area contributed by atoms with E-state index in [-0.39, 0.29) is 12.2 Å². The van der Waals surface area contributed by atoms with Gasteiger partial charge in [-0.3, -0.25) is 4.79 Å². The van der Waals surface area contributed by atoms with Gasteiger partial charge in [0.2, 0.25) is 0 Å². The van der Waals surface area contributed by atoms with Crippen LogP contribution in [0.2, 0.25) is 0 Å². The molecule has 5 nitrogen and oxygen atoms in total. The smallest absolute Gasteiger partial charge is 0.266 e. The SMILES string of the molecule is NC(CO)c1ccc2[nH]c(=O)cnc2c1. The molecule has 0 aliphatic rings. The molecule has 1 aromatic carbocycles. The molecule has 0 fully saturated rings. The zero-order valence-electron chi connectivity index (χ0n) is 7.97. The second kappa shape index (κ2) is 3.80. The molecule has 15 heavy (non-hydrogen) atoms. The van der Waals surface area contributed by atoms with Gasteiger partial charge in [-0.1, -0.05) is 6.07 Å². The Kier molecular flexibility index (Phi) is 2.49. The highest BCUT2D eigenvalue weighted by molar-refractivity contribution is 5.74. The van der Waals surface area contributed by atoms with Crippen molar-refractivity contribution >= 4 is 11.0 Å². The second-order valence-corrected chi connectivity index (χ2v) is 3.31. The molecule has 0 radical (unpaired) electrons. The van der Waals surface area contributed by atoms with Crippen LogP contribution in [0, 0.1) is 0 Å². The lowest BCUT2D eigenvalue weighted by atomic mass is 10.1. The van der Waals surface area contributed by atoms with Gasteiger partial charge in [0.05, 0.1) is 29.9 Å². The first-order valence-electron chi connectivity index (χ1n) is 4.56. The maximum Gasteiger partial charge on any atom is 0.266 e. The summed E-state index contributed by atoms with van der Waals surface area (Å²) in [5, 5.41) is 8.90. The van der Waals surface area contributed by atoms with Crippen LogP contribution >= 0.6 is 0 Å². The molecule has 0 aliphatic heterocycles. The molecule has 0 bridgehead atoms. The Morgan fingerprint density at radius 1 is 1.53 bits per heavy atom. The van der Waals surface area contributed by atoms with E-state index in [0.29, 0.717) is 11.0 Å². The zero-order valence-corrected chi connectivity index (χ0v) is 7.97. The summed E-state index contributed by atoms with van der Waals surface area (Å²) < 4.78 is 0. The molecule has 4 N–H and O–H groups in total. The Hall–Kier alpha value is -1.72. The molecule has 2 aromatic rings. The molecule has 5 heteroatoms. The van der Waals surface area contributed by atoms with Crippen molar-refractivity contribution in [3.63, 3.8) is 0 Å². The molecule has 0 spiro atoms. The fraction of sp³-hybridized carbons (Fsp3) is 0.200. The van der Waals surface area contributed by atoms with E-state index in [4.69, 9.17) is 10.8 Å². The number of nitrogens with one attached hydrogen (secondary N) is 1. The lowest BCUT2D eigenvalue weighted by molar-refractivity contribution is 0.268. The third-order valence-electron chi connectivity index (χ3n) is 2.23. The molecule has 2 rings (SSSR count). The van der Waals surface area contributed by atoms with E-state index in [2.05, 4.69) is 9.97 Å². The van der Waals surface area contributed by atoms with Crippen molar-refractivity contribution in [2.75, 3.05) is 6.61 Å². The summed E-state index contributed by atoms with van der Waals surface area (Å²) in [7, 11) is 0. The maximum absolute atomic E-state index is 11.0. The van der Waals surface area contributed by atoms with Crippen LogP contribution in [0.15, 0.2) is 29.2 Å². The average Bonchev–Trinajstić information content (AvgIpc) is 2.27. The summed E-state index contributed by atoms with van der Waals surface area (Å²) in [6.45, 7) is -0.116. The van der Waals surface area contributed by atoms with Crippen LogP contribution < -0.4 is 11.3 Å². The zero-order chi connectivity index (χ0) is 10.8. The summed E-state index contributed by atoms with van der Waals surface area (Å²) in [6.07, 6.45) is 1.22. The first kappa shape index (κ1) is 9.82. The van der Waals surface area contributed by atoms with Gasteiger partial charge in [0.1, 0.15) is 0 Å². The Morgan fingerprint density at radius 2 is 2.33 bits per heavy atom. The normalized spacial score (nSPS) is 12.9. The van der Waals surface area contributed by atoms with E-state index in [1.807, 2.05) is 0 Å². The van der Waals surface area contributed by atoms with E-state index >= 15 is 0 Å².